The Labute approximate surface area is 212 Å². The van der Waals surface area contributed by atoms with E-state index in [9.17, 15) is 9.59 Å². The minimum absolute atomic E-state index is 0.00817. The van der Waals surface area contributed by atoms with Crippen LogP contribution in [0.5, 0.6) is 0 Å². The van der Waals surface area contributed by atoms with Gasteiger partial charge in [-0.2, -0.15) is 0 Å². The summed E-state index contributed by atoms with van der Waals surface area (Å²) >= 11 is 0. The quantitative estimate of drug-likeness (QED) is 0.491. The number of carbonyl (C=O) groups excluding carboxylic acids is 2. The summed E-state index contributed by atoms with van der Waals surface area (Å²) in [4.78, 5) is 33.5. The fraction of sp³-hybridized carbons (Fsp3) is 0.464. The summed E-state index contributed by atoms with van der Waals surface area (Å²) in [6.45, 7) is 3.58. The van der Waals surface area contributed by atoms with Crippen LogP contribution in [0.25, 0.3) is 5.65 Å². The van der Waals surface area contributed by atoms with Crippen LogP contribution in [0.4, 0.5) is 5.69 Å². The number of likely N-dealkylation sites (tertiary alicyclic amines) is 1. The van der Waals surface area contributed by atoms with Crippen LogP contribution in [-0.4, -0.2) is 71.5 Å². The summed E-state index contributed by atoms with van der Waals surface area (Å²) in [6.07, 6.45) is 9.13. The number of fused-ring (bicyclic) bond motifs is 1. The second kappa shape index (κ2) is 11.1. The lowest BCUT2D eigenvalue weighted by Gasteiger charge is -2.34. The van der Waals surface area contributed by atoms with Crippen LogP contribution in [-0.2, 0) is 27.2 Å². The molecule has 36 heavy (non-hydrogen) atoms. The van der Waals surface area contributed by atoms with Crippen molar-refractivity contribution in [3.63, 3.8) is 0 Å². The van der Waals surface area contributed by atoms with E-state index in [4.69, 9.17) is 4.74 Å². The zero-order valence-electron chi connectivity index (χ0n) is 20.9. The van der Waals surface area contributed by atoms with E-state index in [0.29, 0.717) is 25.4 Å². The second-order valence-corrected chi connectivity index (χ2v) is 9.78. The summed E-state index contributed by atoms with van der Waals surface area (Å²) in [7, 11) is 1.38. The SMILES string of the molecule is COC(=O)[C@@H]1CCCN1C(=O)Cc1ccc(N2CCC(NCCc3cn4ccccc4n3)CC2)cc1. The number of imidazole rings is 1. The normalized spacial score (nSPS) is 18.6. The lowest BCUT2D eigenvalue weighted by atomic mass is 10.0. The van der Waals surface area contributed by atoms with Gasteiger partial charge in [-0.15, -0.1) is 0 Å². The Morgan fingerprint density at radius 2 is 1.86 bits per heavy atom. The van der Waals surface area contributed by atoms with Gasteiger partial charge in [-0.05, 0) is 55.5 Å². The van der Waals surface area contributed by atoms with E-state index in [0.717, 1.165) is 62.2 Å². The Kier molecular flexibility index (Phi) is 7.51. The van der Waals surface area contributed by atoms with Gasteiger partial charge in [0.05, 0.1) is 19.2 Å². The van der Waals surface area contributed by atoms with Gasteiger partial charge >= 0.3 is 5.97 Å². The number of carbonyl (C=O) groups is 2. The Morgan fingerprint density at radius 3 is 2.61 bits per heavy atom. The first-order valence-electron chi connectivity index (χ1n) is 13.0. The predicted molar refractivity (Wildman–Crippen MR) is 139 cm³/mol. The molecule has 2 aliphatic heterocycles. The highest BCUT2D eigenvalue weighted by molar-refractivity contribution is 5.86. The van der Waals surface area contributed by atoms with Crippen LogP contribution >= 0.6 is 0 Å². The lowest BCUT2D eigenvalue weighted by molar-refractivity contribution is -0.150. The van der Waals surface area contributed by atoms with Gasteiger partial charge in [0.1, 0.15) is 11.7 Å². The number of methoxy groups -OCH3 is 1. The zero-order valence-corrected chi connectivity index (χ0v) is 20.9. The summed E-state index contributed by atoms with van der Waals surface area (Å²) in [5.74, 6) is -0.324. The fourth-order valence-corrected chi connectivity index (χ4v) is 5.40. The summed E-state index contributed by atoms with van der Waals surface area (Å²) in [6, 6.07) is 14.5. The van der Waals surface area contributed by atoms with E-state index >= 15 is 0 Å². The molecule has 0 saturated carbocycles. The molecule has 3 aromatic rings. The van der Waals surface area contributed by atoms with E-state index in [1.54, 1.807) is 4.90 Å². The topological polar surface area (TPSA) is 79.2 Å². The van der Waals surface area contributed by atoms with E-state index in [-0.39, 0.29) is 11.9 Å². The fourth-order valence-electron chi connectivity index (χ4n) is 5.40. The van der Waals surface area contributed by atoms with Gasteiger partial charge in [-0.3, -0.25) is 4.79 Å². The zero-order chi connectivity index (χ0) is 24.9. The van der Waals surface area contributed by atoms with Gasteiger partial charge in [0.2, 0.25) is 5.91 Å². The van der Waals surface area contributed by atoms with Crippen molar-refractivity contribution in [2.45, 2.75) is 50.6 Å². The molecular weight excluding hydrogens is 454 g/mol. The molecule has 190 valence electrons. The third kappa shape index (κ3) is 5.54. The number of hydrogen-bond acceptors (Lipinski definition) is 6. The highest BCUT2D eigenvalue weighted by atomic mass is 16.5. The number of pyridine rings is 1. The lowest BCUT2D eigenvalue weighted by Crippen LogP contribution is -2.43. The van der Waals surface area contributed by atoms with Crippen LogP contribution < -0.4 is 10.2 Å². The monoisotopic (exact) mass is 489 g/mol. The number of esters is 1. The Hall–Kier alpha value is -3.39. The standard InChI is InChI=1S/C28H35N5O3/c1-36-28(35)25-5-4-16-33(25)27(34)19-21-7-9-24(10-8-21)31-17-12-22(13-18-31)29-14-11-23-20-32-15-3-2-6-26(32)30-23/h2-3,6-10,15,20,22,25,29H,4-5,11-14,16-19H2,1H3/t25-/m0/s1. The van der Waals surface area contributed by atoms with Gasteiger partial charge < -0.3 is 24.3 Å². The average Bonchev–Trinajstić information content (AvgIpc) is 3.56. The molecule has 0 bridgehead atoms. The van der Waals surface area contributed by atoms with Gasteiger partial charge in [0.15, 0.2) is 0 Å². The number of anilines is 1. The number of amides is 1. The second-order valence-electron chi connectivity index (χ2n) is 9.78. The third-order valence-electron chi connectivity index (χ3n) is 7.43. The van der Waals surface area contributed by atoms with E-state index in [1.807, 2.05) is 36.5 Å². The first-order chi connectivity index (χ1) is 17.6. The molecule has 0 spiro atoms. The van der Waals surface area contributed by atoms with Crippen molar-refractivity contribution >= 4 is 23.2 Å². The van der Waals surface area contributed by atoms with Crippen molar-refractivity contribution < 1.29 is 14.3 Å². The number of hydrogen-bond donors (Lipinski definition) is 1. The van der Waals surface area contributed by atoms with Crippen molar-refractivity contribution in [1.29, 1.82) is 0 Å². The van der Waals surface area contributed by atoms with Crippen LogP contribution in [0.15, 0.2) is 54.9 Å². The molecule has 0 unspecified atom stereocenters. The molecule has 1 amide bonds. The maximum absolute atomic E-state index is 12.8. The first-order valence-corrected chi connectivity index (χ1v) is 13.0. The minimum Gasteiger partial charge on any atom is -0.467 e. The Balaban J connectivity index is 1.06. The van der Waals surface area contributed by atoms with Crippen LogP contribution in [0.2, 0.25) is 0 Å². The Bertz CT molecular complexity index is 1150. The summed E-state index contributed by atoms with van der Waals surface area (Å²) < 4.78 is 6.93. The number of rotatable bonds is 8. The number of benzene rings is 1. The molecule has 1 aromatic carbocycles. The molecule has 2 aromatic heterocycles. The van der Waals surface area contributed by atoms with E-state index < -0.39 is 6.04 Å². The van der Waals surface area contributed by atoms with Gasteiger partial charge in [-0.1, -0.05) is 18.2 Å². The van der Waals surface area contributed by atoms with Crippen molar-refractivity contribution in [3.05, 3.63) is 66.1 Å². The summed E-state index contributed by atoms with van der Waals surface area (Å²) in [5.41, 5.74) is 4.29. The molecule has 4 heterocycles. The van der Waals surface area contributed by atoms with Crippen molar-refractivity contribution in [3.8, 4) is 0 Å². The molecule has 1 atom stereocenters. The number of ether oxygens (including phenoxy) is 1. The average molecular weight is 490 g/mol. The molecule has 1 N–H and O–H groups in total. The van der Waals surface area contributed by atoms with Crippen molar-refractivity contribution in [2.75, 3.05) is 38.2 Å². The van der Waals surface area contributed by atoms with Crippen molar-refractivity contribution in [1.82, 2.24) is 19.6 Å². The van der Waals surface area contributed by atoms with Crippen molar-refractivity contribution in [2.24, 2.45) is 0 Å². The molecule has 8 heteroatoms. The number of piperidine rings is 1. The third-order valence-corrected chi connectivity index (χ3v) is 7.43. The molecule has 0 aliphatic carbocycles. The molecule has 2 aliphatic rings. The van der Waals surface area contributed by atoms with Crippen LogP contribution in [0.3, 0.4) is 0 Å². The van der Waals surface area contributed by atoms with Gasteiger partial charge in [-0.25, -0.2) is 9.78 Å². The Morgan fingerprint density at radius 1 is 1.06 bits per heavy atom. The highest BCUT2D eigenvalue weighted by Crippen LogP contribution is 2.23. The minimum atomic E-state index is -0.434. The summed E-state index contributed by atoms with van der Waals surface area (Å²) in [5, 5.41) is 3.71. The maximum atomic E-state index is 12.8. The van der Waals surface area contributed by atoms with Gasteiger partial charge in [0.25, 0.3) is 0 Å². The molecule has 2 fully saturated rings. The molecule has 8 nitrogen and oxygen atoms in total. The molecule has 0 radical (unpaired) electrons. The number of nitrogens with one attached hydrogen (secondary N) is 1. The highest BCUT2D eigenvalue weighted by Gasteiger charge is 2.34. The molecule has 5 rings (SSSR count). The molecular formula is C28H35N5O3. The number of aromatic nitrogens is 2. The van der Waals surface area contributed by atoms with E-state index in [1.165, 1.54) is 12.8 Å². The van der Waals surface area contributed by atoms with Gasteiger partial charge in [0, 0.05) is 56.7 Å². The van der Waals surface area contributed by atoms with Crippen LogP contribution in [0.1, 0.15) is 36.9 Å². The largest absolute Gasteiger partial charge is 0.467 e. The smallest absolute Gasteiger partial charge is 0.328 e. The molecule has 2 saturated heterocycles. The number of nitrogens with zero attached hydrogens (tertiary/aromatic N) is 4. The first kappa shape index (κ1) is 24.3. The predicted octanol–water partition coefficient (Wildman–Crippen LogP) is 2.84. The van der Waals surface area contributed by atoms with E-state index in [2.05, 4.69) is 37.9 Å². The van der Waals surface area contributed by atoms with Crippen LogP contribution in [0, 0.1) is 0 Å². The maximum Gasteiger partial charge on any atom is 0.328 e.